The molecule has 8 nitrogen and oxygen atoms in total. The van der Waals surface area contributed by atoms with Crippen LogP contribution >= 0.6 is 0 Å². The van der Waals surface area contributed by atoms with E-state index >= 15 is 0 Å². The first-order chi connectivity index (χ1) is 17.9. The van der Waals surface area contributed by atoms with Gasteiger partial charge in [-0.2, -0.15) is 9.78 Å². The lowest BCUT2D eigenvalue weighted by molar-refractivity contribution is 0.102. The predicted octanol–water partition coefficient (Wildman–Crippen LogP) is 5.46. The number of nitrogens with zero attached hydrogens (tertiary/aromatic N) is 2. The molecule has 0 unspecified atom stereocenters. The van der Waals surface area contributed by atoms with Crippen LogP contribution in [-0.2, 0) is 6.54 Å². The van der Waals surface area contributed by atoms with E-state index in [2.05, 4.69) is 15.7 Å². The smallest absolute Gasteiger partial charge is 0.342 e. The molecular weight excluding hydrogens is 468 g/mol. The minimum atomic E-state index is -0.340. The summed E-state index contributed by atoms with van der Waals surface area (Å²) in [5.74, 6) is 0.761. The molecule has 1 aromatic heterocycles. The zero-order chi connectivity index (χ0) is 25.9. The lowest BCUT2D eigenvalue weighted by atomic mass is 10.1. The number of anilines is 1. The summed E-state index contributed by atoms with van der Waals surface area (Å²) in [6.07, 6.45) is 1.96. The van der Waals surface area contributed by atoms with Crippen molar-refractivity contribution in [2.75, 3.05) is 12.4 Å². The zero-order valence-electron chi connectivity index (χ0n) is 20.7. The Bertz CT molecular complexity index is 1440. The van der Waals surface area contributed by atoms with Crippen LogP contribution in [-0.4, -0.2) is 33.9 Å². The molecular formula is C29H28N4O4. The van der Waals surface area contributed by atoms with Gasteiger partial charge in [0.1, 0.15) is 11.5 Å². The molecule has 1 fully saturated rings. The molecule has 1 saturated carbocycles. The van der Waals surface area contributed by atoms with Gasteiger partial charge in [-0.1, -0.05) is 29.8 Å². The summed E-state index contributed by atoms with van der Waals surface area (Å²) < 4.78 is 6.56. The molecule has 188 valence electrons. The Labute approximate surface area is 214 Å². The topological polar surface area (TPSA) is 105 Å². The Kier molecular flexibility index (Phi) is 6.64. The number of hydrogen-bond donors (Lipinski definition) is 3. The first-order valence-corrected chi connectivity index (χ1v) is 12.1. The number of carbonyl (C=O) groups excluding carboxylic acids is 2. The maximum Gasteiger partial charge on any atom is 0.342 e. The van der Waals surface area contributed by atoms with Crippen LogP contribution in [0.15, 0.2) is 72.8 Å². The van der Waals surface area contributed by atoms with Crippen LogP contribution in [0.4, 0.5) is 10.5 Å². The van der Waals surface area contributed by atoms with Gasteiger partial charge in [-0.15, -0.1) is 0 Å². The monoisotopic (exact) mass is 496 g/mol. The number of carbonyl (C=O) groups is 2. The van der Waals surface area contributed by atoms with Gasteiger partial charge in [-0.25, -0.2) is 4.79 Å². The number of phenols is 1. The summed E-state index contributed by atoms with van der Waals surface area (Å²) >= 11 is 0. The Morgan fingerprint density at radius 3 is 2.43 bits per heavy atom. The third-order valence-corrected chi connectivity index (χ3v) is 6.37. The van der Waals surface area contributed by atoms with Crippen LogP contribution in [0.2, 0.25) is 0 Å². The van der Waals surface area contributed by atoms with E-state index in [1.807, 2.05) is 49.4 Å². The molecule has 2 amide bonds. The molecule has 3 aromatic carbocycles. The van der Waals surface area contributed by atoms with Crippen molar-refractivity contribution in [3.8, 4) is 22.8 Å². The maximum absolute atomic E-state index is 13.1. The molecule has 0 saturated heterocycles. The number of ether oxygens (including phenoxy) is 1. The van der Waals surface area contributed by atoms with Crippen molar-refractivity contribution in [3.63, 3.8) is 0 Å². The number of aryl methyl sites for hydroxylation is 1. The number of aromatic hydroxyl groups is 1. The minimum absolute atomic E-state index is 0.0129. The third-order valence-electron chi connectivity index (χ3n) is 6.37. The van der Waals surface area contributed by atoms with Gasteiger partial charge < -0.3 is 20.5 Å². The molecule has 0 atom stereocenters. The van der Waals surface area contributed by atoms with Crippen molar-refractivity contribution in [1.29, 1.82) is 0 Å². The SMILES string of the molecule is COc1ccc(CNC(=O)n2nc(-c3cc(NC(=O)c4ccc(C)cc4)ccc3O)cc2C2CC2)cc1. The fraction of sp³-hybridized carbons (Fsp3) is 0.207. The van der Waals surface area contributed by atoms with E-state index in [1.165, 1.54) is 10.7 Å². The Hall–Kier alpha value is -4.59. The van der Waals surface area contributed by atoms with Crippen molar-refractivity contribution in [2.45, 2.75) is 32.2 Å². The van der Waals surface area contributed by atoms with Gasteiger partial charge in [-0.3, -0.25) is 4.79 Å². The number of nitrogens with one attached hydrogen (secondary N) is 2. The molecule has 1 aliphatic rings. The second-order valence-electron chi connectivity index (χ2n) is 9.20. The van der Waals surface area contributed by atoms with Gasteiger partial charge in [0.25, 0.3) is 5.91 Å². The number of benzene rings is 3. The van der Waals surface area contributed by atoms with Crippen LogP contribution in [0.3, 0.4) is 0 Å². The highest BCUT2D eigenvalue weighted by molar-refractivity contribution is 6.04. The lowest BCUT2D eigenvalue weighted by Crippen LogP contribution is -2.30. The number of rotatable bonds is 7. The van der Waals surface area contributed by atoms with E-state index in [4.69, 9.17) is 4.74 Å². The summed E-state index contributed by atoms with van der Waals surface area (Å²) in [5, 5.41) is 20.9. The summed E-state index contributed by atoms with van der Waals surface area (Å²) in [4.78, 5) is 25.7. The van der Waals surface area contributed by atoms with Crippen LogP contribution in [0.1, 0.15) is 45.9 Å². The highest BCUT2D eigenvalue weighted by atomic mass is 16.5. The van der Waals surface area contributed by atoms with E-state index in [-0.39, 0.29) is 23.6 Å². The van der Waals surface area contributed by atoms with Crippen LogP contribution in [0.5, 0.6) is 11.5 Å². The molecule has 0 spiro atoms. The quantitative estimate of drug-likeness (QED) is 0.295. The van der Waals surface area contributed by atoms with Gasteiger partial charge in [0.05, 0.1) is 18.5 Å². The summed E-state index contributed by atoms with van der Waals surface area (Å²) in [6, 6.07) is 21.1. The number of phenolic OH excluding ortho intramolecular Hbond substituents is 1. The van der Waals surface area contributed by atoms with Gasteiger partial charge in [0, 0.05) is 29.3 Å². The molecule has 8 heteroatoms. The summed E-state index contributed by atoms with van der Waals surface area (Å²) in [6.45, 7) is 2.30. The van der Waals surface area contributed by atoms with E-state index in [9.17, 15) is 14.7 Å². The van der Waals surface area contributed by atoms with Gasteiger partial charge in [0.2, 0.25) is 0 Å². The van der Waals surface area contributed by atoms with Crippen LogP contribution in [0, 0.1) is 6.92 Å². The van der Waals surface area contributed by atoms with E-state index in [0.29, 0.717) is 29.1 Å². The van der Waals surface area contributed by atoms with Crippen molar-refractivity contribution < 1.29 is 19.4 Å². The number of amides is 2. The van der Waals surface area contributed by atoms with Gasteiger partial charge in [0.15, 0.2) is 0 Å². The first kappa shape index (κ1) is 24.1. The fourth-order valence-corrected chi connectivity index (χ4v) is 4.08. The fourth-order valence-electron chi connectivity index (χ4n) is 4.08. The molecule has 1 aliphatic carbocycles. The largest absolute Gasteiger partial charge is 0.507 e. The molecule has 0 radical (unpaired) electrons. The molecule has 5 rings (SSSR count). The Balaban J connectivity index is 1.36. The predicted molar refractivity (Wildman–Crippen MR) is 141 cm³/mol. The lowest BCUT2D eigenvalue weighted by Gasteiger charge is -2.09. The first-order valence-electron chi connectivity index (χ1n) is 12.1. The van der Waals surface area contributed by atoms with E-state index in [1.54, 1.807) is 31.4 Å². The Morgan fingerprint density at radius 1 is 1.03 bits per heavy atom. The second kappa shape index (κ2) is 10.2. The summed E-state index contributed by atoms with van der Waals surface area (Å²) in [5.41, 5.74) is 4.76. The number of methoxy groups -OCH3 is 1. The van der Waals surface area contributed by atoms with E-state index in [0.717, 1.165) is 35.4 Å². The minimum Gasteiger partial charge on any atom is -0.507 e. The third kappa shape index (κ3) is 5.48. The molecule has 0 aliphatic heterocycles. The molecule has 0 bridgehead atoms. The average molecular weight is 497 g/mol. The second-order valence-corrected chi connectivity index (χ2v) is 9.20. The Morgan fingerprint density at radius 2 is 1.76 bits per heavy atom. The number of hydrogen-bond acceptors (Lipinski definition) is 5. The molecule has 1 heterocycles. The van der Waals surface area contributed by atoms with Crippen LogP contribution in [0.25, 0.3) is 11.3 Å². The summed E-state index contributed by atoms with van der Waals surface area (Å²) in [7, 11) is 1.61. The average Bonchev–Trinajstić information content (AvgIpc) is 3.67. The zero-order valence-corrected chi connectivity index (χ0v) is 20.7. The normalized spacial score (nSPS) is 12.7. The van der Waals surface area contributed by atoms with Crippen molar-refractivity contribution in [1.82, 2.24) is 15.1 Å². The standard InChI is InChI=1S/C29H28N4O4/c1-18-3-7-21(8-4-18)28(35)31-22-11-14-27(34)24(15-22)25-16-26(20-9-10-20)33(32-25)29(36)30-17-19-5-12-23(37-2)13-6-19/h3-8,11-16,20,34H,9-10,17H2,1-2H3,(H,30,36)(H,31,35). The van der Waals surface area contributed by atoms with Crippen molar-refractivity contribution in [3.05, 3.63) is 95.2 Å². The molecule has 37 heavy (non-hydrogen) atoms. The maximum atomic E-state index is 13.1. The highest BCUT2D eigenvalue weighted by Gasteiger charge is 2.30. The van der Waals surface area contributed by atoms with Gasteiger partial charge >= 0.3 is 6.03 Å². The van der Waals surface area contributed by atoms with Gasteiger partial charge in [-0.05, 0) is 73.9 Å². The number of aromatic nitrogens is 2. The van der Waals surface area contributed by atoms with Crippen molar-refractivity contribution >= 4 is 17.6 Å². The molecule has 3 N–H and O–H groups in total. The molecule has 4 aromatic rings. The van der Waals surface area contributed by atoms with Crippen LogP contribution < -0.4 is 15.4 Å². The van der Waals surface area contributed by atoms with E-state index < -0.39 is 0 Å². The highest BCUT2D eigenvalue weighted by Crippen LogP contribution is 2.42. The van der Waals surface area contributed by atoms with Crippen molar-refractivity contribution in [2.24, 2.45) is 0 Å².